The maximum atomic E-state index is 13.6. The predicted molar refractivity (Wildman–Crippen MR) is 138 cm³/mol. The van der Waals surface area contributed by atoms with Crippen molar-refractivity contribution >= 4 is 27.7 Å². The van der Waals surface area contributed by atoms with Crippen LogP contribution in [0.15, 0.2) is 117 Å². The minimum Gasteiger partial charge on any atom is -0.452 e. The molecule has 0 atom stereocenters. The second-order valence-corrected chi connectivity index (χ2v) is 8.53. The average Bonchev–Trinajstić information content (AvgIpc) is 3.29. The second-order valence-electron chi connectivity index (χ2n) is 8.53. The first kappa shape index (κ1) is 20.9. The Morgan fingerprint density at radius 3 is 2.11 bits per heavy atom. The van der Waals surface area contributed by atoms with Crippen molar-refractivity contribution < 1.29 is 13.6 Å². The Hall–Kier alpha value is -4.70. The van der Waals surface area contributed by atoms with Gasteiger partial charge in [-0.15, -0.1) is 0 Å². The van der Waals surface area contributed by atoms with Gasteiger partial charge in [0.05, 0.1) is 5.39 Å². The lowest BCUT2D eigenvalue weighted by atomic mass is 9.95. The first-order chi connectivity index (χ1) is 17.1. The van der Waals surface area contributed by atoms with Crippen molar-refractivity contribution in [3.8, 4) is 22.3 Å². The molecule has 0 saturated carbocycles. The topological polar surface area (TPSA) is 60.4 Å². The van der Waals surface area contributed by atoms with Crippen LogP contribution in [0.1, 0.15) is 21.7 Å². The Labute approximate surface area is 201 Å². The molecule has 6 rings (SSSR count). The molecule has 0 saturated heterocycles. The first-order valence-corrected chi connectivity index (χ1v) is 11.4. The smallest absolute Gasteiger partial charge is 0.336 e. The van der Waals surface area contributed by atoms with E-state index in [4.69, 9.17) is 8.83 Å². The highest BCUT2D eigenvalue weighted by Gasteiger charge is 2.26. The molecular weight excluding hydrogens is 436 g/mol. The number of hydrogen-bond donors (Lipinski definition) is 0. The Morgan fingerprint density at radius 2 is 1.40 bits per heavy atom. The zero-order chi connectivity index (χ0) is 23.9. The van der Waals surface area contributed by atoms with Gasteiger partial charge >= 0.3 is 5.63 Å². The van der Waals surface area contributed by atoms with Gasteiger partial charge in [-0.1, -0.05) is 90.5 Å². The van der Waals surface area contributed by atoms with Gasteiger partial charge in [0.15, 0.2) is 11.3 Å². The molecule has 0 aliphatic heterocycles. The van der Waals surface area contributed by atoms with Crippen LogP contribution in [0.4, 0.5) is 0 Å². The summed E-state index contributed by atoms with van der Waals surface area (Å²) >= 11 is 0. The Kier molecular flexibility index (Phi) is 4.93. The van der Waals surface area contributed by atoms with Gasteiger partial charge in [0.1, 0.15) is 5.58 Å². The highest BCUT2D eigenvalue weighted by atomic mass is 16.4. The van der Waals surface area contributed by atoms with Crippen molar-refractivity contribution in [2.45, 2.75) is 6.92 Å². The van der Waals surface area contributed by atoms with Crippen LogP contribution >= 0.6 is 0 Å². The molecule has 0 amide bonds. The number of fused-ring (bicyclic) bond motifs is 3. The lowest BCUT2D eigenvalue weighted by Crippen LogP contribution is -2.01. The van der Waals surface area contributed by atoms with Crippen molar-refractivity contribution in [2.24, 2.45) is 0 Å². The number of furan rings is 1. The van der Waals surface area contributed by atoms with E-state index in [0.29, 0.717) is 27.7 Å². The maximum Gasteiger partial charge on any atom is 0.336 e. The number of carbonyl (C=O) groups excluding carboxylic acids is 1. The normalized spacial score (nSPS) is 11.2. The van der Waals surface area contributed by atoms with Gasteiger partial charge in [-0.25, -0.2) is 4.79 Å². The molecule has 0 aliphatic carbocycles. The van der Waals surface area contributed by atoms with Gasteiger partial charge in [-0.3, -0.25) is 4.79 Å². The summed E-state index contributed by atoms with van der Waals surface area (Å²) in [6, 6.07) is 31.9. The molecule has 0 aliphatic rings. The number of rotatable bonds is 4. The van der Waals surface area contributed by atoms with E-state index in [1.54, 1.807) is 12.1 Å². The van der Waals surface area contributed by atoms with E-state index in [1.807, 2.05) is 91.9 Å². The predicted octanol–water partition coefficient (Wildman–Crippen LogP) is 7.41. The van der Waals surface area contributed by atoms with E-state index in [1.165, 1.54) is 6.07 Å². The molecule has 2 aromatic heterocycles. The molecule has 0 radical (unpaired) electrons. The highest BCUT2D eigenvalue weighted by molar-refractivity contribution is 6.21. The third kappa shape index (κ3) is 3.56. The van der Waals surface area contributed by atoms with Gasteiger partial charge in [0.2, 0.25) is 5.78 Å². The fraction of sp³-hybridized carbons (Fsp3) is 0.0323. The van der Waals surface area contributed by atoms with Gasteiger partial charge in [0.25, 0.3) is 0 Å². The fourth-order valence-corrected chi connectivity index (χ4v) is 4.54. The van der Waals surface area contributed by atoms with Crippen LogP contribution in [0.2, 0.25) is 0 Å². The van der Waals surface area contributed by atoms with Crippen LogP contribution in [0.3, 0.4) is 0 Å². The van der Waals surface area contributed by atoms with E-state index in [0.717, 1.165) is 27.6 Å². The van der Waals surface area contributed by atoms with Crippen LogP contribution in [0, 0.1) is 6.92 Å². The molecular formula is C31H20O4. The molecule has 168 valence electrons. The summed E-state index contributed by atoms with van der Waals surface area (Å²) in [4.78, 5) is 26.3. The highest BCUT2D eigenvalue weighted by Crippen LogP contribution is 2.41. The quantitative estimate of drug-likeness (QED) is 0.205. The van der Waals surface area contributed by atoms with E-state index < -0.39 is 5.63 Å². The summed E-state index contributed by atoms with van der Waals surface area (Å²) in [5, 5.41) is 1.39. The van der Waals surface area contributed by atoms with Crippen molar-refractivity contribution in [3.63, 3.8) is 0 Å². The molecule has 4 heteroatoms. The van der Waals surface area contributed by atoms with Crippen molar-refractivity contribution in [1.82, 2.24) is 0 Å². The van der Waals surface area contributed by atoms with Crippen LogP contribution in [0.5, 0.6) is 0 Å². The summed E-state index contributed by atoms with van der Waals surface area (Å²) in [6.07, 6.45) is 0. The van der Waals surface area contributed by atoms with Gasteiger partial charge in [0, 0.05) is 22.6 Å². The summed E-state index contributed by atoms with van der Waals surface area (Å²) in [7, 11) is 0. The van der Waals surface area contributed by atoms with E-state index >= 15 is 0 Å². The standard InChI is InChI=1S/C31H20O4/c1-19-12-14-21(15-13-19)27-28-25(34-31(27)29(33)22-10-6-3-7-11-22)17-16-23-24(18-26(32)35-30(23)28)20-8-4-2-5-9-20/h2-18H,1H3. The molecule has 0 bridgehead atoms. The van der Waals surface area contributed by atoms with Gasteiger partial charge in [-0.05, 0) is 35.7 Å². The van der Waals surface area contributed by atoms with Crippen LogP contribution < -0.4 is 5.63 Å². The van der Waals surface area contributed by atoms with E-state index in [2.05, 4.69) is 0 Å². The van der Waals surface area contributed by atoms with Crippen molar-refractivity contribution in [1.29, 1.82) is 0 Å². The number of ketones is 1. The second kappa shape index (κ2) is 8.26. The van der Waals surface area contributed by atoms with E-state index in [9.17, 15) is 9.59 Å². The molecule has 4 nitrogen and oxygen atoms in total. The molecule has 0 N–H and O–H groups in total. The van der Waals surface area contributed by atoms with Crippen LogP contribution in [0.25, 0.3) is 44.2 Å². The molecule has 0 unspecified atom stereocenters. The van der Waals surface area contributed by atoms with Crippen molar-refractivity contribution in [3.05, 3.63) is 130 Å². The zero-order valence-corrected chi connectivity index (χ0v) is 18.9. The molecule has 4 aromatic carbocycles. The van der Waals surface area contributed by atoms with E-state index in [-0.39, 0.29) is 11.5 Å². The van der Waals surface area contributed by atoms with Crippen LogP contribution in [-0.4, -0.2) is 5.78 Å². The number of carbonyl (C=O) groups is 1. The summed E-state index contributed by atoms with van der Waals surface area (Å²) < 4.78 is 12.0. The Balaban J connectivity index is 1.73. The fourth-order valence-electron chi connectivity index (χ4n) is 4.54. The summed E-state index contributed by atoms with van der Waals surface area (Å²) in [5.74, 6) is -0.0117. The Morgan fingerprint density at radius 1 is 0.714 bits per heavy atom. The summed E-state index contributed by atoms with van der Waals surface area (Å²) in [5.41, 5.74) is 5.16. The largest absolute Gasteiger partial charge is 0.452 e. The average molecular weight is 456 g/mol. The molecule has 0 spiro atoms. The monoisotopic (exact) mass is 456 g/mol. The minimum absolute atomic E-state index is 0.218. The number of hydrogen-bond acceptors (Lipinski definition) is 4. The summed E-state index contributed by atoms with van der Waals surface area (Å²) in [6.45, 7) is 2.01. The minimum atomic E-state index is -0.462. The maximum absolute atomic E-state index is 13.6. The number of benzene rings is 4. The van der Waals surface area contributed by atoms with Gasteiger partial charge < -0.3 is 8.83 Å². The SMILES string of the molecule is Cc1ccc(-c2c(C(=O)c3ccccc3)oc3ccc4c(-c5ccccc5)cc(=O)oc4c23)cc1. The lowest BCUT2D eigenvalue weighted by molar-refractivity contribution is 0.101. The lowest BCUT2D eigenvalue weighted by Gasteiger charge is -2.08. The van der Waals surface area contributed by atoms with Crippen LogP contribution in [-0.2, 0) is 0 Å². The van der Waals surface area contributed by atoms with Gasteiger partial charge in [-0.2, -0.15) is 0 Å². The molecule has 6 aromatic rings. The Bertz CT molecular complexity index is 1760. The third-order valence-electron chi connectivity index (χ3n) is 6.23. The third-order valence-corrected chi connectivity index (χ3v) is 6.23. The number of aryl methyl sites for hydroxylation is 1. The van der Waals surface area contributed by atoms with Crippen molar-refractivity contribution in [2.75, 3.05) is 0 Å². The zero-order valence-electron chi connectivity index (χ0n) is 18.9. The molecule has 2 heterocycles. The molecule has 0 fully saturated rings. The first-order valence-electron chi connectivity index (χ1n) is 11.4. The molecule has 35 heavy (non-hydrogen) atoms.